The van der Waals surface area contributed by atoms with Crippen LogP contribution >= 0.6 is 11.3 Å². The standard InChI is InChI=1S/C21H26N6O2S.C6H10N2O6S/c1-14(19-13-30-21(22)26-19)27-29-11-10-28-17-2-3-18-15(12-17)4-9-24-20(18)25-16-5-7-23-8-6-16;1-6(2)4(7-3-9)5(10)8(6)14-15(11,12)13/h2-4,9,12-13,16,23H,5-8,10-11H2,1H3,(H2,22,26)(H,24,25);3-4H,1-2H3,(H,7,9)(H,11,12,13)/b27-14+;. The van der Waals surface area contributed by atoms with Crippen LogP contribution in [0.5, 0.6) is 5.75 Å². The number of pyridine rings is 1. The molecule has 1 aromatic carbocycles. The van der Waals surface area contributed by atoms with Crippen molar-refractivity contribution in [2.24, 2.45) is 5.16 Å². The number of β-lactam (4-membered cyclic amide) rings is 1. The quantitative estimate of drug-likeness (QED) is 0.0466. The van der Waals surface area contributed by atoms with Crippen LogP contribution in [0.2, 0.25) is 0 Å². The van der Waals surface area contributed by atoms with E-state index in [1.165, 1.54) is 25.2 Å². The van der Waals surface area contributed by atoms with E-state index in [4.69, 9.17) is 19.9 Å². The summed E-state index contributed by atoms with van der Waals surface area (Å²) in [5, 5.41) is 18.3. The lowest BCUT2D eigenvalue weighted by Crippen LogP contribution is -2.75. The van der Waals surface area contributed by atoms with Gasteiger partial charge in [-0.15, -0.1) is 15.6 Å². The molecule has 2 aliphatic rings. The molecule has 0 aliphatic carbocycles. The van der Waals surface area contributed by atoms with Gasteiger partial charge in [0, 0.05) is 23.0 Å². The van der Waals surface area contributed by atoms with Gasteiger partial charge < -0.3 is 31.3 Å². The lowest BCUT2D eigenvalue weighted by molar-refractivity contribution is -0.218. The minimum atomic E-state index is -4.74. The number of benzene rings is 1. The topological polar surface area (TPSA) is 220 Å². The van der Waals surface area contributed by atoms with Gasteiger partial charge in [0.1, 0.15) is 35.6 Å². The molecular formula is C27H36N8O8S2. The number of hydrogen-bond donors (Lipinski definition) is 5. The van der Waals surface area contributed by atoms with Crippen molar-refractivity contribution in [3.63, 3.8) is 0 Å². The van der Waals surface area contributed by atoms with Gasteiger partial charge in [-0.2, -0.15) is 13.5 Å². The van der Waals surface area contributed by atoms with E-state index in [0.717, 1.165) is 54.0 Å². The first-order valence-corrected chi connectivity index (χ1v) is 16.2. The predicted octanol–water partition coefficient (Wildman–Crippen LogP) is 1.71. The molecule has 45 heavy (non-hydrogen) atoms. The van der Waals surface area contributed by atoms with Crippen LogP contribution in [0.3, 0.4) is 0 Å². The fourth-order valence-corrected chi connectivity index (χ4v) is 5.75. The SMILES string of the molecule is C/C(=N\OCCOc1ccc2c(NC3CCNCC3)nccc2c1)c1csc(N)n1.CC1(C)C(NC=O)C(=O)N1OS(=O)(=O)O. The number of amides is 2. The van der Waals surface area contributed by atoms with Crippen LogP contribution < -0.4 is 26.4 Å². The first kappa shape index (κ1) is 33.8. The molecule has 2 fully saturated rings. The number of piperidine rings is 1. The average molecular weight is 665 g/mol. The number of carbonyl (C=O) groups is 2. The average Bonchev–Trinajstić information content (AvgIpc) is 3.45. The van der Waals surface area contributed by atoms with E-state index < -0.39 is 27.9 Å². The summed E-state index contributed by atoms with van der Waals surface area (Å²) in [4.78, 5) is 35.4. The summed E-state index contributed by atoms with van der Waals surface area (Å²) in [5.74, 6) is 0.976. The second kappa shape index (κ2) is 14.8. The number of aromatic nitrogens is 2. The largest absolute Gasteiger partial charge is 0.490 e. The molecule has 0 saturated carbocycles. The zero-order valence-electron chi connectivity index (χ0n) is 24.9. The van der Waals surface area contributed by atoms with Crippen molar-refractivity contribution in [2.45, 2.75) is 51.2 Å². The molecular weight excluding hydrogens is 628 g/mol. The Morgan fingerprint density at radius 1 is 1.29 bits per heavy atom. The van der Waals surface area contributed by atoms with Gasteiger partial charge in [0.25, 0.3) is 5.91 Å². The number of hydrogen-bond acceptors (Lipinski definition) is 14. The van der Waals surface area contributed by atoms with Gasteiger partial charge in [-0.25, -0.2) is 9.97 Å². The summed E-state index contributed by atoms with van der Waals surface area (Å²) in [6, 6.07) is 7.64. The number of nitrogens with two attached hydrogens (primary N) is 1. The first-order valence-electron chi connectivity index (χ1n) is 14.0. The van der Waals surface area contributed by atoms with Crippen LogP contribution in [0.4, 0.5) is 10.9 Å². The highest BCUT2D eigenvalue weighted by molar-refractivity contribution is 7.80. The minimum Gasteiger partial charge on any atom is -0.490 e. The third-order valence-electron chi connectivity index (χ3n) is 7.03. The van der Waals surface area contributed by atoms with Gasteiger partial charge in [0.05, 0.1) is 5.54 Å². The summed E-state index contributed by atoms with van der Waals surface area (Å²) >= 11 is 1.38. The number of anilines is 2. The molecule has 244 valence electrons. The lowest BCUT2D eigenvalue weighted by atomic mass is 9.85. The summed E-state index contributed by atoms with van der Waals surface area (Å²) in [7, 11) is -4.74. The number of nitrogens with one attached hydrogen (secondary N) is 3. The maximum absolute atomic E-state index is 11.2. The maximum atomic E-state index is 11.2. The highest BCUT2D eigenvalue weighted by Gasteiger charge is 2.57. The van der Waals surface area contributed by atoms with Crippen LogP contribution in [0.25, 0.3) is 10.8 Å². The molecule has 0 spiro atoms. The van der Waals surface area contributed by atoms with E-state index >= 15 is 0 Å². The number of nitrogen functional groups attached to an aromatic ring is 1. The van der Waals surface area contributed by atoms with Crippen molar-refractivity contribution < 1.29 is 36.4 Å². The second-order valence-corrected chi connectivity index (χ2v) is 12.5. The number of ether oxygens (including phenoxy) is 1. The third kappa shape index (κ3) is 8.98. The predicted molar refractivity (Wildman–Crippen MR) is 168 cm³/mol. The lowest BCUT2D eigenvalue weighted by Gasteiger charge is -2.50. The molecule has 2 aliphatic heterocycles. The van der Waals surface area contributed by atoms with Crippen LogP contribution in [0, 0.1) is 0 Å². The first-order chi connectivity index (χ1) is 21.4. The second-order valence-electron chi connectivity index (χ2n) is 10.6. The molecule has 0 bridgehead atoms. The highest BCUT2D eigenvalue weighted by atomic mass is 32.3. The summed E-state index contributed by atoms with van der Waals surface area (Å²) < 4.78 is 39.0. The molecule has 3 aromatic rings. The zero-order valence-corrected chi connectivity index (χ0v) is 26.6. The number of thiazole rings is 1. The van der Waals surface area contributed by atoms with Crippen LogP contribution in [-0.2, 0) is 29.1 Å². The van der Waals surface area contributed by atoms with Crippen molar-refractivity contribution in [3.8, 4) is 5.75 Å². The van der Waals surface area contributed by atoms with Crippen LogP contribution in [0.15, 0.2) is 41.0 Å². The molecule has 5 rings (SSSR count). The summed E-state index contributed by atoms with van der Waals surface area (Å²) in [6.45, 7) is 7.61. The van der Waals surface area contributed by atoms with E-state index in [-0.39, 0.29) is 0 Å². The van der Waals surface area contributed by atoms with Crippen molar-refractivity contribution in [1.82, 2.24) is 25.7 Å². The molecule has 2 aromatic heterocycles. The Balaban J connectivity index is 0.000000259. The number of hydroxylamine groups is 2. The Morgan fingerprint density at radius 3 is 2.69 bits per heavy atom. The van der Waals surface area contributed by atoms with Gasteiger partial charge in [-0.3, -0.25) is 14.1 Å². The van der Waals surface area contributed by atoms with E-state index in [0.29, 0.717) is 41.6 Å². The summed E-state index contributed by atoms with van der Waals surface area (Å²) in [6.07, 6.45) is 4.38. The van der Waals surface area contributed by atoms with Gasteiger partial charge in [0.2, 0.25) is 6.41 Å². The van der Waals surface area contributed by atoms with Crippen molar-refractivity contribution >= 4 is 61.5 Å². The molecule has 4 heterocycles. The molecule has 6 N–H and O–H groups in total. The van der Waals surface area contributed by atoms with E-state index in [2.05, 4.69) is 41.4 Å². The maximum Gasteiger partial charge on any atom is 0.418 e. The molecule has 1 unspecified atom stereocenters. The minimum absolute atomic E-state index is 0.328. The fraction of sp³-hybridized carbons (Fsp3) is 0.444. The van der Waals surface area contributed by atoms with Gasteiger partial charge in [-0.05, 0) is 76.4 Å². The number of carbonyl (C=O) groups excluding carboxylic acids is 2. The van der Waals surface area contributed by atoms with Gasteiger partial charge >= 0.3 is 10.4 Å². The molecule has 2 saturated heterocycles. The third-order valence-corrected chi connectivity index (χ3v) is 8.05. The molecule has 16 nitrogen and oxygen atoms in total. The van der Waals surface area contributed by atoms with Crippen molar-refractivity contribution in [2.75, 3.05) is 37.4 Å². The molecule has 2 amide bonds. The van der Waals surface area contributed by atoms with Gasteiger partial charge in [0.15, 0.2) is 11.7 Å². The van der Waals surface area contributed by atoms with Crippen molar-refractivity contribution in [1.29, 1.82) is 0 Å². The van der Waals surface area contributed by atoms with E-state index in [1.54, 1.807) is 0 Å². The number of rotatable bonds is 12. The Hall–Kier alpha value is -4.10. The molecule has 18 heteroatoms. The zero-order chi connectivity index (χ0) is 32.6. The van der Waals surface area contributed by atoms with Crippen LogP contribution in [0.1, 0.15) is 39.3 Å². The monoisotopic (exact) mass is 664 g/mol. The Morgan fingerprint density at radius 2 is 2.04 bits per heavy atom. The fourth-order valence-electron chi connectivity index (χ4n) is 4.69. The smallest absolute Gasteiger partial charge is 0.418 e. The van der Waals surface area contributed by atoms with Crippen LogP contribution in [-0.4, -0.2) is 90.0 Å². The van der Waals surface area contributed by atoms with Crippen molar-refractivity contribution in [3.05, 3.63) is 41.5 Å². The number of fused-ring (bicyclic) bond motifs is 1. The Bertz CT molecular complexity index is 1630. The number of oxime groups is 1. The van der Waals surface area contributed by atoms with Gasteiger partial charge in [-0.1, -0.05) is 5.16 Å². The Labute approximate surface area is 264 Å². The normalized spacial score (nSPS) is 18.4. The number of nitrogens with zero attached hydrogens (tertiary/aromatic N) is 4. The molecule has 0 radical (unpaired) electrons. The van der Waals surface area contributed by atoms with E-state index in [1.807, 2.05) is 36.7 Å². The Kier molecular flexibility index (Phi) is 11.1. The summed E-state index contributed by atoms with van der Waals surface area (Å²) in [5.41, 5.74) is 6.02. The highest BCUT2D eigenvalue weighted by Crippen LogP contribution is 2.32. The van der Waals surface area contributed by atoms with E-state index in [9.17, 15) is 18.0 Å². The molecule has 1 atom stereocenters.